The first kappa shape index (κ1) is 30.7. The van der Waals surface area contributed by atoms with Crippen molar-refractivity contribution in [2.45, 2.75) is 31.8 Å². The minimum Gasteiger partial charge on any atom is -0.495 e. The van der Waals surface area contributed by atoms with E-state index in [-0.39, 0.29) is 40.3 Å². The Hall–Kier alpha value is -3.80. The van der Waals surface area contributed by atoms with Gasteiger partial charge in [-0.3, -0.25) is 14.6 Å². The minimum atomic E-state index is -0.372. The van der Waals surface area contributed by atoms with E-state index in [1.54, 1.807) is 17.2 Å². The fourth-order valence-electron chi connectivity index (χ4n) is 5.38. The van der Waals surface area contributed by atoms with E-state index in [0.717, 1.165) is 18.7 Å². The number of carbonyl (C=O) groups is 2. The molecule has 0 unspecified atom stereocenters. The molecule has 11 nitrogen and oxygen atoms in total. The predicted molar refractivity (Wildman–Crippen MR) is 168 cm³/mol. The van der Waals surface area contributed by atoms with E-state index in [4.69, 9.17) is 37.7 Å². The van der Waals surface area contributed by atoms with E-state index in [1.165, 1.54) is 19.1 Å². The molecule has 1 saturated heterocycles. The first-order valence-corrected chi connectivity index (χ1v) is 14.8. The molecule has 0 saturated carbocycles. The number of para-hydroxylation sites is 1. The van der Waals surface area contributed by atoms with Gasteiger partial charge in [-0.2, -0.15) is 4.98 Å². The van der Waals surface area contributed by atoms with Gasteiger partial charge in [-0.1, -0.05) is 41.4 Å². The first-order valence-electron chi connectivity index (χ1n) is 14.0. The Morgan fingerprint density at radius 1 is 1.12 bits per heavy atom. The number of nitrogens with zero attached hydrogens (tertiary/aromatic N) is 6. The SMILES string of the molecule is COc1cc(OC)c(Cl)c(N2Cc3cnc(Nc4ccccc4)nc3N([C@H]3CCN(C(=O)CCCN(C)C)C3)C2=O)c1Cl. The molecule has 3 amide bonds. The average molecular weight is 629 g/mol. The maximum Gasteiger partial charge on any atom is 0.330 e. The fraction of sp³-hybridized carbons (Fsp3) is 0.400. The molecule has 2 aliphatic rings. The van der Waals surface area contributed by atoms with E-state index >= 15 is 0 Å². The number of nitrogens with one attached hydrogen (secondary N) is 1. The summed E-state index contributed by atoms with van der Waals surface area (Å²) in [6.45, 7) is 1.87. The van der Waals surface area contributed by atoms with Crippen LogP contribution in [0, 0.1) is 0 Å². The van der Waals surface area contributed by atoms with Crippen LogP contribution in [0.4, 0.5) is 27.9 Å². The largest absolute Gasteiger partial charge is 0.495 e. The van der Waals surface area contributed by atoms with Gasteiger partial charge in [-0.25, -0.2) is 9.78 Å². The Bertz CT molecular complexity index is 1460. The summed E-state index contributed by atoms with van der Waals surface area (Å²) in [6.07, 6.45) is 3.50. The van der Waals surface area contributed by atoms with E-state index < -0.39 is 0 Å². The summed E-state index contributed by atoms with van der Waals surface area (Å²) in [5.41, 5.74) is 1.78. The first-order chi connectivity index (χ1) is 20.7. The number of halogens is 2. The molecule has 1 atom stereocenters. The van der Waals surface area contributed by atoms with Gasteiger partial charge in [0.2, 0.25) is 11.9 Å². The smallest absolute Gasteiger partial charge is 0.330 e. The van der Waals surface area contributed by atoms with Crippen LogP contribution < -0.4 is 24.6 Å². The van der Waals surface area contributed by atoms with Crippen LogP contribution in [0.2, 0.25) is 10.0 Å². The highest BCUT2D eigenvalue weighted by molar-refractivity contribution is 6.42. The summed E-state index contributed by atoms with van der Waals surface area (Å²) in [6, 6.07) is 10.4. The van der Waals surface area contributed by atoms with Crippen molar-refractivity contribution < 1.29 is 19.1 Å². The third-order valence-electron chi connectivity index (χ3n) is 7.56. The summed E-state index contributed by atoms with van der Waals surface area (Å²) in [5, 5.41) is 3.57. The van der Waals surface area contributed by atoms with E-state index in [0.29, 0.717) is 54.8 Å². The van der Waals surface area contributed by atoms with E-state index in [2.05, 4.69) is 15.2 Å². The number of likely N-dealkylation sites (tertiary alicyclic amines) is 1. The number of ether oxygens (including phenoxy) is 2. The molecule has 1 fully saturated rings. The Morgan fingerprint density at radius 2 is 1.81 bits per heavy atom. The molecule has 0 spiro atoms. The normalized spacial score (nSPS) is 16.5. The maximum atomic E-state index is 14.4. The molecule has 228 valence electrons. The van der Waals surface area contributed by atoms with Gasteiger partial charge in [-0.05, 0) is 45.6 Å². The summed E-state index contributed by atoms with van der Waals surface area (Å²) >= 11 is 13.5. The van der Waals surface area contributed by atoms with Gasteiger partial charge in [0.1, 0.15) is 27.4 Å². The number of urea groups is 1. The molecule has 3 aromatic rings. The maximum absolute atomic E-state index is 14.4. The van der Waals surface area contributed by atoms with E-state index in [1.807, 2.05) is 49.3 Å². The van der Waals surface area contributed by atoms with Crippen LogP contribution in [0.5, 0.6) is 11.5 Å². The fourth-order valence-corrected chi connectivity index (χ4v) is 6.09. The monoisotopic (exact) mass is 627 g/mol. The topological polar surface area (TPSA) is 103 Å². The lowest BCUT2D eigenvalue weighted by Crippen LogP contribution is -2.53. The van der Waals surface area contributed by atoms with E-state index in [9.17, 15) is 9.59 Å². The van der Waals surface area contributed by atoms with Gasteiger partial charge < -0.3 is 24.6 Å². The molecule has 13 heteroatoms. The molecule has 3 heterocycles. The van der Waals surface area contributed by atoms with Crippen molar-refractivity contribution >= 4 is 58.3 Å². The zero-order valence-electron chi connectivity index (χ0n) is 24.6. The molecule has 2 aliphatic heterocycles. The molecule has 0 radical (unpaired) electrons. The van der Waals surface area contributed by atoms with Crippen molar-refractivity contribution in [1.82, 2.24) is 19.8 Å². The second kappa shape index (κ2) is 13.2. The molecular formula is C30H35Cl2N7O4. The number of carbonyl (C=O) groups excluding carboxylic acids is 2. The highest BCUT2D eigenvalue weighted by Crippen LogP contribution is 2.48. The number of benzene rings is 2. The van der Waals surface area contributed by atoms with Crippen LogP contribution in [0.3, 0.4) is 0 Å². The Labute approximate surface area is 261 Å². The third kappa shape index (κ3) is 6.43. The van der Waals surface area contributed by atoms with Crippen LogP contribution in [0.15, 0.2) is 42.6 Å². The lowest BCUT2D eigenvalue weighted by Gasteiger charge is -2.39. The molecule has 43 heavy (non-hydrogen) atoms. The number of amides is 3. The number of rotatable bonds is 10. The number of hydrogen-bond acceptors (Lipinski definition) is 8. The number of hydrogen-bond donors (Lipinski definition) is 1. The van der Waals surface area contributed by atoms with Crippen molar-refractivity contribution in [2.75, 3.05) is 63.1 Å². The van der Waals surface area contributed by atoms with Gasteiger partial charge in [0.25, 0.3) is 0 Å². The van der Waals surface area contributed by atoms with Crippen molar-refractivity contribution in [3.63, 3.8) is 0 Å². The zero-order valence-corrected chi connectivity index (χ0v) is 26.2. The van der Waals surface area contributed by atoms with Crippen molar-refractivity contribution in [2.24, 2.45) is 0 Å². The minimum absolute atomic E-state index is 0.0728. The van der Waals surface area contributed by atoms with Crippen LogP contribution in [0.1, 0.15) is 24.8 Å². The predicted octanol–water partition coefficient (Wildman–Crippen LogP) is 5.43. The summed E-state index contributed by atoms with van der Waals surface area (Å²) in [4.78, 5) is 43.8. The van der Waals surface area contributed by atoms with Crippen LogP contribution in [-0.2, 0) is 11.3 Å². The Balaban J connectivity index is 1.51. The number of methoxy groups -OCH3 is 2. The van der Waals surface area contributed by atoms with Crippen LogP contribution in [0.25, 0.3) is 0 Å². The number of aromatic nitrogens is 2. The van der Waals surface area contributed by atoms with Crippen molar-refractivity contribution in [1.29, 1.82) is 0 Å². The van der Waals surface area contributed by atoms with Gasteiger partial charge >= 0.3 is 6.03 Å². The molecule has 5 rings (SSSR count). The van der Waals surface area contributed by atoms with Crippen molar-refractivity contribution in [3.05, 3.63) is 58.2 Å². The summed E-state index contributed by atoms with van der Waals surface area (Å²) in [7, 11) is 6.94. The second-order valence-corrected chi connectivity index (χ2v) is 11.5. The zero-order chi connectivity index (χ0) is 30.7. The third-order valence-corrected chi connectivity index (χ3v) is 8.29. The number of fused-ring (bicyclic) bond motifs is 1. The average Bonchev–Trinajstić information content (AvgIpc) is 3.48. The highest BCUT2D eigenvalue weighted by atomic mass is 35.5. The van der Waals surface area contributed by atoms with Gasteiger partial charge in [0, 0.05) is 43.0 Å². The summed E-state index contributed by atoms with van der Waals surface area (Å²) in [5.74, 6) is 1.53. The van der Waals surface area contributed by atoms with Crippen LogP contribution in [-0.4, -0.2) is 85.7 Å². The Morgan fingerprint density at radius 3 is 2.47 bits per heavy atom. The van der Waals surface area contributed by atoms with Gasteiger partial charge in [0.05, 0.1) is 32.5 Å². The molecule has 0 aliphatic carbocycles. The second-order valence-electron chi connectivity index (χ2n) is 10.7. The lowest BCUT2D eigenvalue weighted by atomic mass is 10.1. The molecular weight excluding hydrogens is 593 g/mol. The van der Waals surface area contributed by atoms with Crippen molar-refractivity contribution in [3.8, 4) is 11.5 Å². The van der Waals surface area contributed by atoms with Gasteiger partial charge in [-0.15, -0.1) is 0 Å². The standard InChI is InChI=1S/C30H35Cl2N7O4/c1-36(2)13-8-11-24(40)37-14-12-21(18-37)39-28-19(16-33-29(35-28)34-20-9-6-5-7-10-20)17-38(30(39)41)27-25(31)22(42-3)15-23(43-4)26(27)32/h5-7,9-10,15-16,21H,8,11-14,17-18H2,1-4H3,(H,33,34,35)/t21-/m0/s1. The molecule has 1 aromatic heterocycles. The van der Waals surface area contributed by atoms with Gasteiger partial charge in [0.15, 0.2) is 0 Å². The number of anilines is 4. The quantitative estimate of drug-likeness (QED) is 0.317. The lowest BCUT2D eigenvalue weighted by molar-refractivity contribution is -0.130. The summed E-state index contributed by atoms with van der Waals surface area (Å²) < 4.78 is 10.9. The molecule has 2 aromatic carbocycles. The highest BCUT2D eigenvalue weighted by Gasteiger charge is 2.42. The molecule has 0 bridgehead atoms. The van der Waals surface area contributed by atoms with Crippen LogP contribution >= 0.6 is 23.2 Å². The molecule has 1 N–H and O–H groups in total. The Kier molecular flexibility index (Phi) is 9.43.